The van der Waals surface area contributed by atoms with Crippen molar-refractivity contribution in [2.75, 3.05) is 5.75 Å². The molecule has 0 fully saturated rings. The first-order valence-electron chi connectivity index (χ1n) is 4.56. The lowest BCUT2D eigenvalue weighted by Crippen LogP contribution is -2.36. The van der Waals surface area contributed by atoms with Crippen molar-refractivity contribution >= 4 is 17.7 Å². The van der Waals surface area contributed by atoms with E-state index >= 15 is 0 Å². The van der Waals surface area contributed by atoms with Crippen LogP contribution in [0, 0.1) is 6.92 Å². The Morgan fingerprint density at radius 2 is 2.13 bits per heavy atom. The molecule has 0 aliphatic rings. The summed E-state index contributed by atoms with van der Waals surface area (Å²) in [6.45, 7) is 1.93. The van der Waals surface area contributed by atoms with Crippen molar-refractivity contribution in [1.82, 2.24) is 9.97 Å². The molecule has 1 aromatic heterocycles. The normalized spacial score (nSPS) is 12.4. The Balaban J connectivity index is 2.32. The Bertz CT molecular complexity index is 327. The zero-order valence-electron chi connectivity index (χ0n) is 8.51. The van der Waals surface area contributed by atoms with Crippen LogP contribution < -0.4 is 11.5 Å². The number of aryl methyl sites for hydroxylation is 1. The van der Waals surface area contributed by atoms with E-state index < -0.39 is 11.9 Å². The molecule has 1 heterocycles. The van der Waals surface area contributed by atoms with Gasteiger partial charge in [0.25, 0.3) is 0 Å². The second-order valence-electron chi connectivity index (χ2n) is 3.19. The smallest absolute Gasteiger partial charge is 0.234 e. The van der Waals surface area contributed by atoms with Crippen LogP contribution in [-0.2, 0) is 4.79 Å². The quantitative estimate of drug-likeness (QED) is 0.547. The summed E-state index contributed by atoms with van der Waals surface area (Å²) in [6, 6.07) is -0.581. The van der Waals surface area contributed by atoms with Crippen LogP contribution in [0.1, 0.15) is 12.0 Å². The molecule has 1 atom stereocenters. The van der Waals surface area contributed by atoms with Crippen LogP contribution in [0.4, 0.5) is 0 Å². The first-order valence-corrected chi connectivity index (χ1v) is 5.54. The Morgan fingerprint density at radius 1 is 1.53 bits per heavy atom. The molecule has 82 valence electrons. The van der Waals surface area contributed by atoms with E-state index in [1.54, 1.807) is 12.4 Å². The molecule has 1 unspecified atom stereocenters. The summed E-state index contributed by atoms with van der Waals surface area (Å²) in [5.41, 5.74) is 11.5. The van der Waals surface area contributed by atoms with Gasteiger partial charge in [-0.2, -0.15) is 0 Å². The Kier molecular flexibility index (Phi) is 4.51. The van der Waals surface area contributed by atoms with Crippen LogP contribution in [0.15, 0.2) is 17.6 Å². The Hall–Kier alpha value is -1.14. The molecule has 0 aliphatic carbocycles. The van der Waals surface area contributed by atoms with Crippen molar-refractivity contribution in [3.8, 4) is 0 Å². The summed E-state index contributed by atoms with van der Waals surface area (Å²) in [5.74, 6) is 0.216. The zero-order chi connectivity index (χ0) is 11.3. The average molecular weight is 226 g/mol. The Labute approximate surface area is 92.7 Å². The number of primary amides is 1. The minimum atomic E-state index is -0.581. The average Bonchev–Trinajstić information content (AvgIpc) is 2.20. The summed E-state index contributed by atoms with van der Waals surface area (Å²) >= 11 is 1.46. The van der Waals surface area contributed by atoms with Gasteiger partial charge in [-0.25, -0.2) is 9.97 Å². The van der Waals surface area contributed by atoms with Gasteiger partial charge in [0.2, 0.25) is 5.91 Å². The third-order valence-electron chi connectivity index (χ3n) is 1.78. The molecule has 0 bridgehead atoms. The molecule has 4 N–H and O–H groups in total. The van der Waals surface area contributed by atoms with Gasteiger partial charge in [0.15, 0.2) is 5.16 Å². The molecule has 0 spiro atoms. The summed E-state index contributed by atoms with van der Waals surface area (Å²) in [4.78, 5) is 18.9. The molecule has 1 rings (SSSR count). The molecule has 6 heteroatoms. The number of nitrogens with two attached hydrogens (primary N) is 2. The fourth-order valence-corrected chi connectivity index (χ4v) is 1.68. The number of hydrogen-bond acceptors (Lipinski definition) is 5. The van der Waals surface area contributed by atoms with E-state index in [9.17, 15) is 4.79 Å². The fraction of sp³-hybridized carbons (Fsp3) is 0.444. The minimum Gasteiger partial charge on any atom is -0.368 e. The van der Waals surface area contributed by atoms with Crippen molar-refractivity contribution in [2.45, 2.75) is 24.5 Å². The molecule has 0 radical (unpaired) electrons. The minimum absolute atomic E-state index is 0.472. The van der Waals surface area contributed by atoms with E-state index in [-0.39, 0.29) is 0 Å². The van der Waals surface area contributed by atoms with Crippen molar-refractivity contribution in [3.05, 3.63) is 18.0 Å². The number of nitrogens with zero attached hydrogens (tertiary/aromatic N) is 2. The molecule has 0 aliphatic heterocycles. The van der Waals surface area contributed by atoms with Gasteiger partial charge in [0.05, 0.1) is 6.04 Å². The first kappa shape index (κ1) is 11.9. The van der Waals surface area contributed by atoms with Crippen LogP contribution in [0.3, 0.4) is 0 Å². The maximum atomic E-state index is 10.6. The highest BCUT2D eigenvalue weighted by atomic mass is 32.2. The third kappa shape index (κ3) is 4.26. The number of thioether (sulfide) groups is 1. The SMILES string of the molecule is Cc1cnc(SCCC(N)C(N)=O)nc1. The predicted molar refractivity (Wildman–Crippen MR) is 59.3 cm³/mol. The van der Waals surface area contributed by atoms with Gasteiger partial charge >= 0.3 is 0 Å². The summed E-state index contributed by atoms with van der Waals surface area (Å²) < 4.78 is 0. The predicted octanol–water partition coefficient (Wildman–Crippen LogP) is 0.0798. The van der Waals surface area contributed by atoms with E-state index in [0.29, 0.717) is 17.3 Å². The molecular weight excluding hydrogens is 212 g/mol. The second kappa shape index (κ2) is 5.67. The second-order valence-corrected chi connectivity index (χ2v) is 4.25. The van der Waals surface area contributed by atoms with Gasteiger partial charge in [-0.05, 0) is 18.9 Å². The number of amides is 1. The van der Waals surface area contributed by atoms with Gasteiger partial charge in [0, 0.05) is 18.1 Å². The lowest BCUT2D eigenvalue weighted by Gasteiger charge is -2.05. The standard InChI is InChI=1S/C9H14N4OS/c1-6-4-12-9(13-5-6)15-3-2-7(10)8(11)14/h4-5,7H,2-3,10H2,1H3,(H2,11,14). The van der Waals surface area contributed by atoms with Crippen molar-refractivity contribution in [2.24, 2.45) is 11.5 Å². The molecule has 1 amide bonds. The van der Waals surface area contributed by atoms with Gasteiger partial charge < -0.3 is 11.5 Å². The fourth-order valence-electron chi connectivity index (χ4n) is 0.875. The van der Waals surface area contributed by atoms with E-state index in [4.69, 9.17) is 11.5 Å². The lowest BCUT2D eigenvalue weighted by molar-refractivity contribution is -0.119. The van der Waals surface area contributed by atoms with Crippen molar-refractivity contribution in [1.29, 1.82) is 0 Å². The highest BCUT2D eigenvalue weighted by molar-refractivity contribution is 7.99. The van der Waals surface area contributed by atoms with Crippen LogP contribution in [-0.4, -0.2) is 27.7 Å². The highest BCUT2D eigenvalue weighted by Crippen LogP contribution is 2.13. The summed E-state index contributed by atoms with van der Waals surface area (Å²) in [7, 11) is 0. The number of carbonyl (C=O) groups is 1. The van der Waals surface area contributed by atoms with E-state index in [0.717, 1.165) is 5.56 Å². The maximum absolute atomic E-state index is 10.6. The van der Waals surface area contributed by atoms with Crippen LogP contribution in [0.2, 0.25) is 0 Å². The van der Waals surface area contributed by atoms with E-state index in [1.807, 2.05) is 6.92 Å². The molecule has 5 nitrogen and oxygen atoms in total. The van der Waals surface area contributed by atoms with Gasteiger partial charge in [-0.3, -0.25) is 4.79 Å². The molecular formula is C9H14N4OS. The van der Waals surface area contributed by atoms with E-state index in [2.05, 4.69) is 9.97 Å². The summed E-state index contributed by atoms with van der Waals surface area (Å²) in [5, 5.41) is 0.692. The van der Waals surface area contributed by atoms with Crippen LogP contribution in [0.25, 0.3) is 0 Å². The van der Waals surface area contributed by atoms with Crippen LogP contribution in [0.5, 0.6) is 0 Å². The first-order chi connectivity index (χ1) is 7.09. The lowest BCUT2D eigenvalue weighted by atomic mass is 10.2. The molecule has 0 aromatic carbocycles. The summed E-state index contributed by atoms with van der Waals surface area (Å²) in [6.07, 6.45) is 4.05. The van der Waals surface area contributed by atoms with E-state index in [1.165, 1.54) is 11.8 Å². The van der Waals surface area contributed by atoms with Crippen molar-refractivity contribution in [3.63, 3.8) is 0 Å². The van der Waals surface area contributed by atoms with Gasteiger partial charge in [0.1, 0.15) is 0 Å². The number of aromatic nitrogens is 2. The zero-order valence-corrected chi connectivity index (χ0v) is 9.33. The molecule has 0 saturated heterocycles. The number of hydrogen-bond donors (Lipinski definition) is 2. The molecule has 1 aromatic rings. The number of rotatable bonds is 5. The van der Waals surface area contributed by atoms with Gasteiger partial charge in [-0.15, -0.1) is 0 Å². The highest BCUT2D eigenvalue weighted by Gasteiger charge is 2.08. The monoisotopic (exact) mass is 226 g/mol. The number of carbonyl (C=O) groups excluding carboxylic acids is 1. The largest absolute Gasteiger partial charge is 0.368 e. The van der Waals surface area contributed by atoms with Crippen molar-refractivity contribution < 1.29 is 4.79 Å². The Morgan fingerprint density at radius 3 is 2.67 bits per heavy atom. The third-order valence-corrected chi connectivity index (χ3v) is 2.69. The molecule has 0 saturated carbocycles. The van der Waals surface area contributed by atoms with Crippen LogP contribution >= 0.6 is 11.8 Å². The topological polar surface area (TPSA) is 94.9 Å². The maximum Gasteiger partial charge on any atom is 0.234 e. The van der Waals surface area contributed by atoms with Gasteiger partial charge in [-0.1, -0.05) is 11.8 Å². The molecule has 15 heavy (non-hydrogen) atoms.